The predicted molar refractivity (Wildman–Crippen MR) is 61.1 cm³/mol. The Morgan fingerprint density at radius 2 is 1.46 bits per heavy atom. The van der Waals surface area contributed by atoms with E-state index in [1.54, 1.807) is 12.1 Å². The lowest BCUT2D eigenvalue weighted by atomic mass is 10.3. The number of hydrogen-bond acceptors (Lipinski definition) is 1. The van der Waals surface area contributed by atoms with Gasteiger partial charge < -0.3 is 5.11 Å². The highest BCUT2D eigenvalue weighted by Gasteiger charge is 2.23. The van der Waals surface area contributed by atoms with Gasteiger partial charge in [0, 0.05) is 10.0 Å². The number of halogens is 2. The van der Waals surface area contributed by atoms with Gasteiger partial charge in [0.2, 0.25) is 0 Å². The number of phenolic OH excluding ortho intramolecular Hbond substituents is 1. The monoisotopic (exact) mass is 234 g/mol. The maximum absolute atomic E-state index is 9.23. The molecule has 0 saturated carbocycles. The molecule has 0 bridgehead atoms. The van der Waals surface area contributed by atoms with Gasteiger partial charge in [0.05, 0.1) is 8.07 Å². The Bertz CT molecular complexity index is 308. The Hall–Kier alpha value is -0.183. The van der Waals surface area contributed by atoms with Crippen LogP contribution in [0.3, 0.4) is 0 Å². The van der Waals surface area contributed by atoms with Crippen LogP contribution in [0.1, 0.15) is 0 Å². The van der Waals surface area contributed by atoms with Crippen molar-refractivity contribution in [2.24, 2.45) is 0 Å². The highest BCUT2D eigenvalue weighted by Crippen LogP contribution is 2.24. The summed E-state index contributed by atoms with van der Waals surface area (Å²) >= 11 is 12.0. The van der Waals surface area contributed by atoms with E-state index in [2.05, 4.69) is 19.6 Å². The quantitative estimate of drug-likeness (QED) is 0.741. The first-order valence-electron chi connectivity index (χ1n) is 4.01. The molecule has 0 unspecified atom stereocenters. The van der Waals surface area contributed by atoms with Crippen molar-refractivity contribution >= 4 is 36.5 Å². The maximum Gasteiger partial charge on any atom is 0.118 e. The number of hydrogen-bond donors (Lipinski definition) is 1. The molecule has 0 spiro atoms. The zero-order valence-electron chi connectivity index (χ0n) is 7.86. The lowest BCUT2D eigenvalue weighted by Gasteiger charge is -2.20. The Morgan fingerprint density at radius 3 is 1.77 bits per heavy atom. The molecule has 1 nitrogen and oxygen atoms in total. The molecule has 0 aliphatic rings. The van der Waals surface area contributed by atoms with E-state index >= 15 is 0 Å². The van der Waals surface area contributed by atoms with Crippen LogP contribution in [0.25, 0.3) is 0 Å². The molecule has 1 N–H and O–H groups in total. The fourth-order valence-corrected chi connectivity index (χ4v) is 5.03. The molecule has 0 heterocycles. The van der Waals surface area contributed by atoms with Crippen LogP contribution in [0.5, 0.6) is 5.75 Å². The number of phenols is 1. The third-order valence-electron chi connectivity index (χ3n) is 1.78. The minimum atomic E-state index is -1.52. The van der Waals surface area contributed by atoms with E-state index in [0.717, 1.165) is 5.19 Å². The Labute approximate surface area is 89.3 Å². The zero-order chi connectivity index (χ0) is 10.2. The molecule has 0 fully saturated rings. The van der Waals surface area contributed by atoms with Crippen molar-refractivity contribution in [2.75, 3.05) is 0 Å². The summed E-state index contributed by atoms with van der Waals surface area (Å²) in [5.74, 6) is 0.122. The topological polar surface area (TPSA) is 20.2 Å². The Morgan fingerprint density at radius 1 is 1.08 bits per heavy atom. The number of benzene rings is 1. The minimum Gasteiger partial charge on any atom is -0.508 e. The van der Waals surface area contributed by atoms with Crippen molar-refractivity contribution in [1.82, 2.24) is 0 Å². The Balaban J connectivity index is 3.38. The average Bonchev–Trinajstić information content (AvgIpc) is 1.78. The molecular weight excluding hydrogens is 223 g/mol. The highest BCUT2D eigenvalue weighted by atomic mass is 35.5. The van der Waals surface area contributed by atoms with Crippen LogP contribution in [0.4, 0.5) is 0 Å². The second-order valence-corrected chi connectivity index (χ2v) is 9.85. The fourth-order valence-electron chi connectivity index (χ4n) is 1.28. The first-order chi connectivity index (χ1) is 5.82. The average molecular weight is 235 g/mol. The van der Waals surface area contributed by atoms with Crippen LogP contribution >= 0.6 is 23.2 Å². The third kappa shape index (κ3) is 2.39. The highest BCUT2D eigenvalue weighted by molar-refractivity contribution is 6.91. The van der Waals surface area contributed by atoms with E-state index in [4.69, 9.17) is 23.2 Å². The van der Waals surface area contributed by atoms with Crippen LogP contribution in [0.15, 0.2) is 12.1 Å². The summed E-state index contributed by atoms with van der Waals surface area (Å²) in [4.78, 5) is 0. The molecule has 0 atom stereocenters. The second-order valence-electron chi connectivity index (χ2n) is 4.03. The number of aromatic hydroxyl groups is 1. The molecule has 0 aliphatic carbocycles. The molecular formula is C9H12Cl2OSi. The van der Waals surface area contributed by atoms with Crippen molar-refractivity contribution in [2.45, 2.75) is 19.6 Å². The van der Waals surface area contributed by atoms with Gasteiger partial charge in [-0.25, -0.2) is 0 Å². The van der Waals surface area contributed by atoms with Crippen molar-refractivity contribution in [3.63, 3.8) is 0 Å². The van der Waals surface area contributed by atoms with Gasteiger partial charge in [-0.05, 0) is 17.3 Å². The fraction of sp³-hybridized carbons (Fsp3) is 0.333. The first kappa shape index (κ1) is 10.9. The molecule has 13 heavy (non-hydrogen) atoms. The van der Waals surface area contributed by atoms with Gasteiger partial charge in [0.25, 0.3) is 0 Å². The first-order valence-corrected chi connectivity index (χ1v) is 8.26. The summed E-state index contributed by atoms with van der Waals surface area (Å²) in [6, 6.07) is 3.09. The molecule has 0 radical (unpaired) electrons. The van der Waals surface area contributed by atoms with Crippen LogP contribution in [0.2, 0.25) is 29.7 Å². The van der Waals surface area contributed by atoms with Gasteiger partial charge in [-0.3, -0.25) is 0 Å². The summed E-state index contributed by atoms with van der Waals surface area (Å²) < 4.78 is 0. The smallest absolute Gasteiger partial charge is 0.118 e. The SMILES string of the molecule is C[Si](C)(C)c1c(Cl)cc(O)cc1Cl. The van der Waals surface area contributed by atoms with Gasteiger partial charge in [-0.15, -0.1) is 0 Å². The van der Waals surface area contributed by atoms with Gasteiger partial charge >= 0.3 is 0 Å². The van der Waals surface area contributed by atoms with Crippen molar-refractivity contribution in [3.05, 3.63) is 22.2 Å². The minimum absolute atomic E-state index is 0.122. The van der Waals surface area contributed by atoms with E-state index in [9.17, 15) is 5.11 Å². The van der Waals surface area contributed by atoms with Crippen molar-refractivity contribution in [1.29, 1.82) is 0 Å². The van der Waals surface area contributed by atoms with Gasteiger partial charge in [0.1, 0.15) is 5.75 Å². The van der Waals surface area contributed by atoms with Crippen molar-refractivity contribution < 1.29 is 5.11 Å². The van der Waals surface area contributed by atoms with Gasteiger partial charge in [-0.1, -0.05) is 42.8 Å². The molecule has 1 aromatic rings. The summed E-state index contributed by atoms with van der Waals surface area (Å²) in [5.41, 5.74) is 0. The summed E-state index contributed by atoms with van der Waals surface area (Å²) in [6.07, 6.45) is 0. The molecule has 0 amide bonds. The zero-order valence-corrected chi connectivity index (χ0v) is 10.4. The molecule has 72 valence electrons. The van der Waals surface area contributed by atoms with E-state index in [1.807, 2.05) is 0 Å². The molecule has 1 rings (SSSR count). The molecule has 4 heteroatoms. The van der Waals surface area contributed by atoms with Crippen molar-refractivity contribution in [3.8, 4) is 5.75 Å². The largest absolute Gasteiger partial charge is 0.508 e. The second kappa shape index (κ2) is 3.52. The molecule has 0 saturated heterocycles. The van der Waals surface area contributed by atoms with E-state index in [-0.39, 0.29) is 5.75 Å². The van der Waals surface area contributed by atoms with Crippen LogP contribution in [-0.4, -0.2) is 13.2 Å². The van der Waals surface area contributed by atoms with Crippen LogP contribution in [-0.2, 0) is 0 Å². The van der Waals surface area contributed by atoms with E-state index < -0.39 is 8.07 Å². The normalized spacial score (nSPS) is 11.8. The Kier molecular flexibility index (Phi) is 2.95. The molecule has 0 aromatic heterocycles. The maximum atomic E-state index is 9.23. The van der Waals surface area contributed by atoms with Gasteiger partial charge in [0.15, 0.2) is 0 Å². The van der Waals surface area contributed by atoms with E-state index in [0.29, 0.717) is 10.0 Å². The lowest BCUT2D eigenvalue weighted by molar-refractivity contribution is 0.475. The summed E-state index contributed by atoms with van der Waals surface area (Å²) in [6.45, 7) is 6.49. The van der Waals surface area contributed by atoms with Gasteiger partial charge in [-0.2, -0.15) is 0 Å². The number of rotatable bonds is 1. The van der Waals surface area contributed by atoms with Crippen LogP contribution in [0, 0.1) is 0 Å². The summed E-state index contributed by atoms with van der Waals surface area (Å²) in [5, 5.41) is 11.4. The lowest BCUT2D eigenvalue weighted by Crippen LogP contribution is -2.39. The molecule has 0 aliphatic heterocycles. The summed E-state index contributed by atoms with van der Waals surface area (Å²) in [7, 11) is -1.52. The predicted octanol–water partition coefficient (Wildman–Crippen LogP) is 3.24. The third-order valence-corrected chi connectivity index (χ3v) is 4.73. The van der Waals surface area contributed by atoms with E-state index in [1.165, 1.54) is 0 Å². The standard InChI is InChI=1S/C9H12Cl2OSi/c1-13(2,3)9-7(10)4-6(12)5-8(9)11/h4-5,12H,1-3H3. The van der Waals surface area contributed by atoms with Crippen LogP contribution < -0.4 is 5.19 Å². The molecule has 1 aromatic carbocycles.